The van der Waals surface area contributed by atoms with Crippen LogP contribution in [0.1, 0.15) is 43.6 Å². The highest BCUT2D eigenvalue weighted by Gasteiger charge is 2.38. The Labute approximate surface area is 122 Å². The normalized spacial score (nSPS) is 19.9. The Morgan fingerprint density at radius 1 is 1.20 bits per heavy atom. The zero-order valence-electron chi connectivity index (χ0n) is 12.6. The first kappa shape index (κ1) is 15.3. The van der Waals surface area contributed by atoms with Gasteiger partial charge in [-0.15, -0.1) is 0 Å². The van der Waals surface area contributed by atoms with E-state index in [1.807, 2.05) is 12.1 Å². The first-order valence-electron chi connectivity index (χ1n) is 7.44. The summed E-state index contributed by atoms with van der Waals surface area (Å²) in [5, 5.41) is 11.1. The van der Waals surface area contributed by atoms with Crippen LogP contribution in [0, 0.1) is 7.11 Å². The third-order valence-electron chi connectivity index (χ3n) is 4.36. The average Bonchev–Trinajstić information content (AvgIpc) is 2.45. The van der Waals surface area contributed by atoms with Crippen LogP contribution in [-0.4, -0.2) is 36.2 Å². The van der Waals surface area contributed by atoms with E-state index in [4.69, 9.17) is 4.74 Å². The van der Waals surface area contributed by atoms with Crippen LogP contribution >= 0.6 is 0 Å². The zero-order valence-corrected chi connectivity index (χ0v) is 12.6. The summed E-state index contributed by atoms with van der Waals surface area (Å²) in [5.41, 5.74) is 0.610. The van der Waals surface area contributed by atoms with Gasteiger partial charge in [-0.25, -0.2) is 0 Å². The molecule has 3 nitrogen and oxygen atoms in total. The van der Waals surface area contributed by atoms with E-state index in [0.29, 0.717) is 0 Å². The van der Waals surface area contributed by atoms with E-state index in [-0.39, 0.29) is 5.92 Å². The maximum Gasteiger partial charge on any atom is 0.122 e. The molecule has 20 heavy (non-hydrogen) atoms. The van der Waals surface area contributed by atoms with Crippen molar-refractivity contribution in [3.63, 3.8) is 0 Å². The fourth-order valence-electron chi connectivity index (χ4n) is 3.26. The lowest BCUT2D eigenvalue weighted by molar-refractivity contribution is -0.0277. The Kier molecular flexibility index (Phi) is 5.06. The van der Waals surface area contributed by atoms with Crippen molar-refractivity contribution >= 4 is 0 Å². The molecule has 1 atom stereocenters. The molecule has 1 aliphatic carbocycles. The summed E-state index contributed by atoms with van der Waals surface area (Å²) in [6.07, 6.45) is 5.30. The molecule has 1 N–H and O–H groups in total. The van der Waals surface area contributed by atoms with E-state index in [2.05, 4.69) is 38.2 Å². The molecular weight excluding hydrogens is 250 g/mol. The monoisotopic (exact) mass is 276 g/mol. The van der Waals surface area contributed by atoms with Crippen LogP contribution in [0.3, 0.4) is 0 Å². The number of ether oxygens (including phenoxy) is 1. The van der Waals surface area contributed by atoms with E-state index in [1.54, 1.807) is 0 Å². The molecular formula is C17H26NO2. The SMILES string of the molecule is [CH2]Oc1ccc(C(CN(C)C)C2(O)CCCCC2)cc1. The van der Waals surface area contributed by atoms with Crippen molar-refractivity contribution in [3.8, 4) is 5.75 Å². The summed E-state index contributed by atoms with van der Waals surface area (Å²) in [7, 11) is 7.55. The third-order valence-corrected chi connectivity index (χ3v) is 4.36. The molecule has 1 aliphatic rings. The zero-order chi connectivity index (χ0) is 14.6. The first-order chi connectivity index (χ1) is 9.55. The van der Waals surface area contributed by atoms with Crippen molar-refractivity contribution in [3.05, 3.63) is 36.9 Å². The molecule has 0 aromatic heterocycles. The van der Waals surface area contributed by atoms with Gasteiger partial charge in [0.05, 0.1) is 5.60 Å². The maximum atomic E-state index is 11.1. The Morgan fingerprint density at radius 3 is 2.30 bits per heavy atom. The molecule has 1 saturated carbocycles. The van der Waals surface area contributed by atoms with Gasteiger partial charge in [-0.3, -0.25) is 0 Å². The third kappa shape index (κ3) is 3.53. The lowest BCUT2D eigenvalue weighted by atomic mass is 9.72. The standard InChI is InChI=1S/C17H26NO2/c1-18(2)13-16(17(19)11-5-4-6-12-17)14-7-9-15(20-3)10-8-14/h7-10,16,19H,3-6,11-13H2,1-2H3. The van der Waals surface area contributed by atoms with Crippen molar-refractivity contribution in [2.75, 3.05) is 20.6 Å². The van der Waals surface area contributed by atoms with Crippen molar-refractivity contribution in [1.82, 2.24) is 4.90 Å². The molecule has 0 amide bonds. The molecule has 111 valence electrons. The van der Waals surface area contributed by atoms with Gasteiger partial charge < -0.3 is 14.7 Å². The van der Waals surface area contributed by atoms with Crippen LogP contribution in [0.5, 0.6) is 5.75 Å². The molecule has 0 heterocycles. The number of likely N-dealkylation sites (N-methyl/N-ethyl adjacent to an activating group) is 1. The van der Waals surface area contributed by atoms with Crippen LogP contribution in [0.4, 0.5) is 0 Å². The van der Waals surface area contributed by atoms with E-state index < -0.39 is 5.60 Å². The molecule has 3 heteroatoms. The van der Waals surface area contributed by atoms with Crippen molar-refractivity contribution in [1.29, 1.82) is 0 Å². The van der Waals surface area contributed by atoms with Crippen molar-refractivity contribution in [2.24, 2.45) is 0 Å². The van der Waals surface area contributed by atoms with Gasteiger partial charge >= 0.3 is 0 Å². The van der Waals surface area contributed by atoms with Crippen LogP contribution in [0.2, 0.25) is 0 Å². The van der Waals surface area contributed by atoms with E-state index in [1.165, 1.54) is 12.0 Å². The molecule has 2 rings (SSSR count). The summed E-state index contributed by atoms with van der Waals surface area (Å²) in [4.78, 5) is 2.16. The topological polar surface area (TPSA) is 32.7 Å². The Balaban J connectivity index is 2.25. The summed E-state index contributed by atoms with van der Waals surface area (Å²) in [6.45, 7) is 0.862. The average molecular weight is 276 g/mol. The molecule has 0 bridgehead atoms. The predicted octanol–water partition coefficient (Wildman–Crippen LogP) is 3.20. The molecule has 1 aromatic carbocycles. The van der Waals surface area contributed by atoms with Crippen molar-refractivity contribution in [2.45, 2.75) is 43.6 Å². The minimum atomic E-state index is -0.574. The van der Waals surface area contributed by atoms with Gasteiger partial charge in [-0.2, -0.15) is 0 Å². The lowest BCUT2D eigenvalue weighted by Gasteiger charge is -2.40. The van der Waals surface area contributed by atoms with Gasteiger partial charge in [0, 0.05) is 12.5 Å². The van der Waals surface area contributed by atoms with Gasteiger partial charge in [0.15, 0.2) is 0 Å². The first-order valence-corrected chi connectivity index (χ1v) is 7.44. The molecule has 1 aromatic rings. The van der Waals surface area contributed by atoms with E-state index in [9.17, 15) is 5.11 Å². The Bertz CT molecular complexity index is 408. The van der Waals surface area contributed by atoms with Gasteiger partial charge in [0.2, 0.25) is 0 Å². The van der Waals surface area contributed by atoms with E-state index in [0.717, 1.165) is 38.0 Å². The minimum absolute atomic E-state index is 0.150. The molecule has 1 unspecified atom stereocenters. The van der Waals surface area contributed by atoms with Crippen LogP contribution in [0.25, 0.3) is 0 Å². The second-order valence-electron chi connectivity index (χ2n) is 6.19. The number of aliphatic hydroxyl groups is 1. The van der Waals surface area contributed by atoms with Gasteiger partial charge in [-0.1, -0.05) is 31.4 Å². The summed E-state index contributed by atoms with van der Waals surface area (Å²) < 4.78 is 4.98. The molecule has 0 aliphatic heterocycles. The highest BCUT2D eigenvalue weighted by molar-refractivity contribution is 5.31. The minimum Gasteiger partial charge on any atom is -0.490 e. The quantitative estimate of drug-likeness (QED) is 0.896. The molecule has 1 radical (unpaired) electrons. The second-order valence-corrected chi connectivity index (χ2v) is 6.19. The number of benzene rings is 1. The van der Waals surface area contributed by atoms with Crippen molar-refractivity contribution < 1.29 is 9.84 Å². The highest BCUT2D eigenvalue weighted by Crippen LogP contribution is 2.40. The summed E-state index contributed by atoms with van der Waals surface area (Å²) in [5.74, 6) is 0.907. The maximum absolute atomic E-state index is 11.1. The number of hydrogen-bond donors (Lipinski definition) is 1. The van der Waals surface area contributed by atoms with Crippen LogP contribution in [-0.2, 0) is 0 Å². The number of rotatable bonds is 5. The smallest absolute Gasteiger partial charge is 0.122 e. The van der Waals surface area contributed by atoms with E-state index >= 15 is 0 Å². The Hall–Kier alpha value is -1.06. The predicted molar refractivity (Wildman–Crippen MR) is 81.8 cm³/mol. The van der Waals surface area contributed by atoms with Gasteiger partial charge in [0.1, 0.15) is 12.9 Å². The second kappa shape index (κ2) is 6.59. The lowest BCUT2D eigenvalue weighted by Crippen LogP contribution is -2.42. The van der Waals surface area contributed by atoms with Crippen LogP contribution in [0.15, 0.2) is 24.3 Å². The molecule has 0 spiro atoms. The Morgan fingerprint density at radius 2 is 1.80 bits per heavy atom. The summed E-state index contributed by atoms with van der Waals surface area (Å²) >= 11 is 0. The number of nitrogens with zero attached hydrogens (tertiary/aromatic N) is 1. The van der Waals surface area contributed by atoms with Gasteiger partial charge in [0.25, 0.3) is 0 Å². The fraction of sp³-hybridized carbons (Fsp3) is 0.588. The van der Waals surface area contributed by atoms with Gasteiger partial charge in [-0.05, 0) is 44.6 Å². The fourth-order valence-corrected chi connectivity index (χ4v) is 3.26. The molecule has 1 fully saturated rings. The highest BCUT2D eigenvalue weighted by atomic mass is 16.5. The largest absolute Gasteiger partial charge is 0.490 e. The summed E-state index contributed by atoms with van der Waals surface area (Å²) in [6, 6.07) is 7.97. The number of hydrogen-bond acceptors (Lipinski definition) is 3. The van der Waals surface area contributed by atoms with Crippen LogP contribution < -0.4 is 4.74 Å². The molecule has 0 saturated heterocycles.